The molecule has 0 saturated heterocycles. The van der Waals surface area contributed by atoms with Crippen LogP contribution in [0.25, 0.3) is 0 Å². The Balaban J connectivity index is 1.83. The molecule has 1 aromatic heterocycles. The number of likely N-dealkylation sites (N-methyl/N-ethyl adjacent to an activating group) is 1. The van der Waals surface area contributed by atoms with E-state index in [2.05, 4.69) is 29.4 Å². The molecule has 1 unspecified atom stereocenters. The number of ether oxygens (including phenoxy) is 1. The van der Waals surface area contributed by atoms with Gasteiger partial charge in [-0.15, -0.1) is 0 Å². The van der Waals surface area contributed by atoms with Crippen molar-refractivity contribution in [3.63, 3.8) is 0 Å². The van der Waals surface area contributed by atoms with Gasteiger partial charge in [-0.25, -0.2) is 4.79 Å². The molecular formula is C19H27N3O4. The van der Waals surface area contributed by atoms with E-state index in [1.54, 1.807) is 18.2 Å². The van der Waals surface area contributed by atoms with E-state index in [1.165, 1.54) is 6.26 Å². The molecule has 2 aromatic rings. The highest BCUT2D eigenvalue weighted by atomic mass is 16.5. The molecule has 1 aromatic carbocycles. The molecule has 7 heteroatoms. The van der Waals surface area contributed by atoms with Crippen molar-refractivity contribution in [3.8, 4) is 5.75 Å². The fourth-order valence-corrected chi connectivity index (χ4v) is 2.46. The van der Waals surface area contributed by atoms with E-state index in [9.17, 15) is 9.90 Å². The number of para-hydroxylation sites is 2. The van der Waals surface area contributed by atoms with Crippen molar-refractivity contribution in [1.29, 1.82) is 0 Å². The molecule has 2 amide bonds. The van der Waals surface area contributed by atoms with Gasteiger partial charge in [-0.2, -0.15) is 0 Å². The van der Waals surface area contributed by atoms with Crippen molar-refractivity contribution in [2.24, 2.45) is 0 Å². The zero-order valence-electron chi connectivity index (χ0n) is 15.3. The molecule has 0 saturated carbocycles. The maximum atomic E-state index is 12.1. The predicted octanol–water partition coefficient (Wildman–Crippen LogP) is 2.86. The highest BCUT2D eigenvalue weighted by Crippen LogP contribution is 2.23. The molecule has 0 aliphatic heterocycles. The Hall–Kier alpha value is -2.51. The van der Waals surface area contributed by atoms with E-state index >= 15 is 0 Å². The Morgan fingerprint density at radius 1 is 1.23 bits per heavy atom. The third kappa shape index (κ3) is 6.09. The summed E-state index contributed by atoms with van der Waals surface area (Å²) in [5.74, 6) is 1.02. The summed E-state index contributed by atoms with van der Waals surface area (Å²) < 4.78 is 10.9. The molecule has 7 nitrogen and oxygen atoms in total. The van der Waals surface area contributed by atoms with Crippen LogP contribution in [0.3, 0.4) is 0 Å². The Bertz CT molecular complexity index is 657. The number of hydrogen-bond donors (Lipinski definition) is 3. The number of amides is 2. The third-order valence-electron chi connectivity index (χ3n) is 4.02. The van der Waals surface area contributed by atoms with Gasteiger partial charge in [0, 0.05) is 6.54 Å². The van der Waals surface area contributed by atoms with E-state index < -0.39 is 12.1 Å². The minimum absolute atomic E-state index is 0.0460. The third-order valence-corrected chi connectivity index (χ3v) is 4.02. The molecule has 0 bridgehead atoms. The zero-order valence-corrected chi connectivity index (χ0v) is 15.3. The molecule has 26 heavy (non-hydrogen) atoms. The van der Waals surface area contributed by atoms with E-state index in [4.69, 9.17) is 9.15 Å². The fourth-order valence-electron chi connectivity index (χ4n) is 2.46. The molecule has 1 heterocycles. The smallest absolute Gasteiger partial charge is 0.319 e. The van der Waals surface area contributed by atoms with Gasteiger partial charge in [0.05, 0.1) is 18.5 Å². The second kappa shape index (κ2) is 10.5. The zero-order chi connectivity index (χ0) is 18.8. The normalized spacial score (nSPS) is 12.0. The summed E-state index contributed by atoms with van der Waals surface area (Å²) in [5.41, 5.74) is 0.581. The second-order valence-corrected chi connectivity index (χ2v) is 5.74. The molecule has 2 rings (SSSR count). The van der Waals surface area contributed by atoms with E-state index in [0.717, 1.165) is 19.6 Å². The lowest BCUT2D eigenvalue weighted by molar-refractivity contribution is 0.149. The van der Waals surface area contributed by atoms with Crippen LogP contribution in [-0.4, -0.2) is 48.8 Å². The molecule has 142 valence electrons. The first-order valence-electron chi connectivity index (χ1n) is 8.84. The van der Waals surface area contributed by atoms with Gasteiger partial charge in [0.15, 0.2) is 0 Å². The number of anilines is 1. The molecule has 0 aliphatic carbocycles. The van der Waals surface area contributed by atoms with Gasteiger partial charge >= 0.3 is 6.03 Å². The summed E-state index contributed by atoms with van der Waals surface area (Å²) in [4.78, 5) is 14.3. The molecule has 0 fully saturated rings. The van der Waals surface area contributed by atoms with Gasteiger partial charge < -0.3 is 29.8 Å². The number of nitrogens with zero attached hydrogens (tertiary/aromatic N) is 1. The van der Waals surface area contributed by atoms with E-state index in [-0.39, 0.29) is 6.54 Å². The Labute approximate surface area is 153 Å². The molecule has 0 aliphatic rings. The number of urea groups is 1. The van der Waals surface area contributed by atoms with Gasteiger partial charge in [-0.3, -0.25) is 0 Å². The highest BCUT2D eigenvalue weighted by Gasteiger charge is 2.13. The lowest BCUT2D eigenvalue weighted by atomic mass is 10.3. The maximum absolute atomic E-state index is 12.1. The monoisotopic (exact) mass is 361 g/mol. The predicted molar refractivity (Wildman–Crippen MR) is 100 cm³/mol. The minimum atomic E-state index is -0.892. The van der Waals surface area contributed by atoms with Crippen molar-refractivity contribution in [1.82, 2.24) is 10.2 Å². The first kappa shape index (κ1) is 19.8. The topological polar surface area (TPSA) is 87.0 Å². The van der Waals surface area contributed by atoms with Crippen LogP contribution in [0.15, 0.2) is 47.1 Å². The van der Waals surface area contributed by atoms with E-state index in [0.29, 0.717) is 23.8 Å². The fraction of sp³-hybridized carbons (Fsp3) is 0.421. The number of benzene rings is 1. The molecule has 1 atom stereocenters. The largest absolute Gasteiger partial charge is 0.490 e. The molecule has 0 spiro atoms. The van der Waals surface area contributed by atoms with Crippen LogP contribution in [-0.2, 0) is 0 Å². The summed E-state index contributed by atoms with van der Waals surface area (Å²) in [6, 6.07) is 10.2. The van der Waals surface area contributed by atoms with Crippen molar-refractivity contribution < 1.29 is 19.1 Å². The standard InChI is InChI=1S/C19H27N3O4/c1-3-22(4-2)11-13-26-17-9-6-5-8-15(17)21-19(24)20-14-16(23)18-10-7-12-25-18/h5-10,12,16,23H,3-4,11,13-14H2,1-2H3,(H2,20,21,24). The summed E-state index contributed by atoms with van der Waals surface area (Å²) in [7, 11) is 0. The van der Waals surface area contributed by atoms with E-state index in [1.807, 2.05) is 18.2 Å². The summed E-state index contributed by atoms with van der Waals surface area (Å²) >= 11 is 0. The number of carbonyl (C=O) groups excluding carboxylic acids is 1. The van der Waals surface area contributed by atoms with Gasteiger partial charge in [0.2, 0.25) is 0 Å². The lowest BCUT2D eigenvalue weighted by Crippen LogP contribution is -2.32. The van der Waals surface area contributed by atoms with Gasteiger partial charge in [0.25, 0.3) is 0 Å². The van der Waals surface area contributed by atoms with Crippen molar-refractivity contribution in [3.05, 3.63) is 48.4 Å². The number of aliphatic hydroxyl groups excluding tert-OH is 1. The van der Waals surface area contributed by atoms with Gasteiger partial charge in [-0.05, 0) is 37.4 Å². The van der Waals surface area contributed by atoms with Crippen LogP contribution in [0, 0.1) is 0 Å². The van der Waals surface area contributed by atoms with Crippen LogP contribution in [0.4, 0.5) is 10.5 Å². The second-order valence-electron chi connectivity index (χ2n) is 5.74. The molecule has 3 N–H and O–H groups in total. The van der Waals surface area contributed by atoms with Gasteiger partial charge in [-0.1, -0.05) is 26.0 Å². The first-order valence-corrected chi connectivity index (χ1v) is 8.84. The van der Waals surface area contributed by atoms with Crippen molar-refractivity contribution in [2.45, 2.75) is 20.0 Å². The van der Waals surface area contributed by atoms with Crippen molar-refractivity contribution in [2.75, 3.05) is 38.1 Å². The summed E-state index contributed by atoms with van der Waals surface area (Å²) in [6.45, 7) is 7.58. The quantitative estimate of drug-likeness (QED) is 0.606. The molecule has 0 radical (unpaired) electrons. The average molecular weight is 361 g/mol. The van der Waals surface area contributed by atoms with Crippen LogP contribution in [0.5, 0.6) is 5.75 Å². The number of furan rings is 1. The summed E-state index contributed by atoms with van der Waals surface area (Å²) in [6.07, 6.45) is 0.584. The summed E-state index contributed by atoms with van der Waals surface area (Å²) in [5, 5.41) is 15.3. The van der Waals surface area contributed by atoms with Crippen molar-refractivity contribution >= 4 is 11.7 Å². The maximum Gasteiger partial charge on any atom is 0.319 e. The number of rotatable bonds is 10. The molecular weight excluding hydrogens is 334 g/mol. The van der Waals surface area contributed by atoms with Crippen LogP contribution < -0.4 is 15.4 Å². The van der Waals surface area contributed by atoms with Crippen LogP contribution in [0.2, 0.25) is 0 Å². The minimum Gasteiger partial charge on any atom is -0.490 e. The lowest BCUT2D eigenvalue weighted by Gasteiger charge is -2.19. The Morgan fingerprint density at radius 2 is 2.00 bits per heavy atom. The van der Waals surface area contributed by atoms with Crippen LogP contribution in [0.1, 0.15) is 25.7 Å². The number of aliphatic hydroxyl groups is 1. The number of nitrogens with one attached hydrogen (secondary N) is 2. The Kier molecular flexibility index (Phi) is 7.98. The van der Waals surface area contributed by atoms with Gasteiger partial charge in [0.1, 0.15) is 24.2 Å². The highest BCUT2D eigenvalue weighted by molar-refractivity contribution is 5.90. The first-order chi connectivity index (χ1) is 12.6. The Morgan fingerprint density at radius 3 is 2.69 bits per heavy atom. The number of hydrogen-bond acceptors (Lipinski definition) is 5. The van der Waals surface area contributed by atoms with Crippen LogP contribution >= 0.6 is 0 Å². The SMILES string of the molecule is CCN(CC)CCOc1ccccc1NC(=O)NCC(O)c1ccco1. The number of carbonyl (C=O) groups is 1. The average Bonchev–Trinajstić information content (AvgIpc) is 3.19.